The first-order valence-electron chi connectivity index (χ1n) is 6.68. The van der Waals surface area contributed by atoms with Crippen molar-refractivity contribution in [2.75, 3.05) is 11.2 Å². The van der Waals surface area contributed by atoms with E-state index in [1.54, 1.807) is 30.3 Å². The molecule has 6 heteroatoms. The summed E-state index contributed by atoms with van der Waals surface area (Å²) in [4.78, 5) is 15.9. The predicted molar refractivity (Wildman–Crippen MR) is 83.4 cm³/mol. The van der Waals surface area contributed by atoms with Crippen LogP contribution in [0.5, 0.6) is 0 Å². The molecule has 0 radical (unpaired) electrons. The van der Waals surface area contributed by atoms with Gasteiger partial charge in [0.1, 0.15) is 11.3 Å². The second-order valence-electron chi connectivity index (χ2n) is 4.70. The molecule has 3 rings (SSSR count). The maximum atomic E-state index is 12.9. The number of rotatable bonds is 4. The first-order chi connectivity index (χ1) is 10.7. The molecule has 0 aliphatic carbocycles. The van der Waals surface area contributed by atoms with Crippen LogP contribution in [0.4, 0.5) is 10.1 Å². The maximum absolute atomic E-state index is 12.9. The smallest absolute Gasteiger partial charge is 0.227 e. The zero-order valence-electron chi connectivity index (χ0n) is 11.5. The summed E-state index contributed by atoms with van der Waals surface area (Å²) in [6.45, 7) is 0. The summed E-state index contributed by atoms with van der Waals surface area (Å²) in [5.74, 6) is 0.201. The molecule has 1 aromatic heterocycles. The second kappa shape index (κ2) is 6.15. The van der Waals surface area contributed by atoms with Crippen molar-refractivity contribution in [1.82, 2.24) is 4.98 Å². The van der Waals surface area contributed by atoms with Gasteiger partial charge in [-0.2, -0.15) is 0 Å². The summed E-state index contributed by atoms with van der Waals surface area (Å²) < 4.78 is 18.6. The Kier molecular flexibility index (Phi) is 4.06. The van der Waals surface area contributed by atoms with Gasteiger partial charge in [0.15, 0.2) is 5.58 Å². The van der Waals surface area contributed by atoms with Gasteiger partial charge in [0.25, 0.3) is 0 Å². The number of halogens is 2. The second-order valence-corrected chi connectivity index (χ2v) is 5.07. The summed E-state index contributed by atoms with van der Waals surface area (Å²) in [7, 11) is 0. The minimum absolute atomic E-state index is 0.156. The van der Waals surface area contributed by atoms with Crippen LogP contribution in [0.25, 0.3) is 22.6 Å². The molecule has 0 saturated carbocycles. The average molecular weight is 319 g/mol. The molecule has 1 amide bonds. The first-order valence-corrected chi connectivity index (χ1v) is 7.21. The van der Waals surface area contributed by atoms with Gasteiger partial charge < -0.3 is 9.73 Å². The van der Waals surface area contributed by atoms with E-state index in [-0.39, 0.29) is 24.0 Å². The zero-order valence-corrected chi connectivity index (χ0v) is 12.2. The van der Waals surface area contributed by atoms with E-state index < -0.39 is 0 Å². The molecule has 3 aromatic rings. The number of fused-ring (bicyclic) bond motifs is 1. The van der Waals surface area contributed by atoms with Crippen LogP contribution in [-0.4, -0.2) is 16.8 Å². The lowest BCUT2D eigenvalue weighted by Gasteiger charge is -2.02. The van der Waals surface area contributed by atoms with Gasteiger partial charge in [-0.3, -0.25) is 4.79 Å². The molecule has 0 fully saturated rings. The fraction of sp³-hybridized carbons (Fsp3) is 0.125. The van der Waals surface area contributed by atoms with Crippen molar-refractivity contribution >= 4 is 34.3 Å². The molecule has 0 atom stereocenters. The summed E-state index contributed by atoms with van der Waals surface area (Å²) in [6, 6.07) is 11.1. The van der Waals surface area contributed by atoms with Gasteiger partial charge in [-0.15, -0.1) is 11.6 Å². The Morgan fingerprint density at radius 3 is 2.73 bits per heavy atom. The standard InChI is InChI=1S/C16H12ClFN2O2/c17-8-7-15(21)19-12-5-6-14-13(9-12)20-16(22-14)10-1-3-11(18)4-2-10/h1-6,9H,7-8H2,(H,19,21). The number of carbonyl (C=O) groups is 1. The molecule has 1 N–H and O–H groups in total. The van der Waals surface area contributed by atoms with Crippen molar-refractivity contribution in [3.05, 3.63) is 48.3 Å². The van der Waals surface area contributed by atoms with Crippen LogP contribution < -0.4 is 5.32 Å². The van der Waals surface area contributed by atoms with E-state index in [1.165, 1.54) is 12.1 Å². The quantitative estimate of drug-likeness (QED) is 0.733. The summed E-state index contributed by atoms with van der Waals surface area (Å²) in [5.41, 5.74) is 2.52. The summed E-state index contributed by atoms with van der Waals surface area (Å²) in [6.07, 6.45) is 0.249. The lowest BCUT2D eigenvalue weighted by atomic mass is 10.2. The lowest BCUT2D eigenvalue weighted by molar-refractivity contribution is -0.115. The Morgan fingerprint density at radius 1 is 1.23 bits per heavy atom. The highest BCUT2D eigenvalue weighted by atomic mass is 35.5. The van der Waals surface area contributed by atoms with Gasteiger partial charge >= 0.3 is 0 Å². The van der Waals surface area contributed by atoms with Gasteiger partial charge in [-0.1, -0.05) is 0 Å². The summed E-state index contributed by atoms with van der Waals surface area (Å²) >= 11 is 5.53. The van der Waals surface area contributed by atoms with Crippen molar-refractivity contribution in [3.8, 4) is 11.5 Å². The highest BCUT2D eigenvalue weighted by molar-refractivity contribution is 6.19. The monoisotopic (exact) mass is 318 g/mol. The topological polar surface area (TPSA) is 55.1 Å². The first kappa shape index (κ1) is 14.5. The fourth-order valence-electron chi connectivity index (χ4n) is 2.03. The number of hydrogen-bond acceptors (Lipinski definition) is 3. The van der Waals surface area contributed by atoms with Gasteiger partial charge in [-0.05, 0) is 42.5 Å². The third-order valence-electron chi connectivity index (χ3n) is 3.08. The lowest BCUT2D eigenvalue weighted by Crippen LogP contribution is -2.11. The van der Waals surface area contributed by atoms with Crippen molar-refractivity contribution in [1.29, 1.82) is 0 Å². The Morgan fingerprint density at radius 2 is 2.00 bits per heavy atom. The Balaban J connectivity index is 1.90. The normalized spacial score (nSPS) is 10.8. The highest BCUT2D eigenvalue weighted by Gasteiger charge is 2.10. The van der Waals surface area contributed by atoms with Gasteiger partial charge in [0.2, 0.25) is 11.8 Å². The van der Waals surface area contributed by atoms with Gasteiger partial charge in [0.05, 0.1) is 0 Å². The van der Waals surface area contributed by atoms with Crippen molar-refractivity contribution < 1.29 is 13.6 Å². The van der Waals surface area contributed by atoms with Crippen LogP contribution in [-0.2, 0) is 4.79 Å². The van der Waals surface area contributed by atoms with Crippen molar-refractivity contribution in [2.24, 2.45) is 0 Å². The van der Waals surface area contributed by atoms with Crippen LogP contribution in [0.1, 0.15) is 6.42 Å². The van der Waals surface area contributed by atoms with E-state index >= 15 is 0 Å². The van der Waals surface area contributed by atoms with Crippen LogP contribution >= 0.6 is 11.6 Å². The molecule has 1 heterocycles. The number of aromatic nitrogens is 1. The minimum Gasteiger partial charge on any atom is -0.436 e. The number of nitrogens with zero attached hydrogens (tertiary/aromatic N) is 1. The van der Waals surface area contributed by atoms with Crippen LogP contribution in [0.3, 0.4) is 0 Å². The molecule has 2 aromatic carbocycles. The number of amides is 1. The van der Waals surface area contributed by atoms with Crippen LogP contribution in [0, 0.1) is 5.82 Å². The predicted octanol–water partition coefficient (Wildman–Crippen LogP) is 4.20. The number of anilines is 1. The van der Waals surface area contributed by atoms with Crippen molar-refractivity contribution in [2.45, 2.75) is 6.42 Å². The number of nitrogens with one attached hydrogen (secondary N) is 1. The molecule has 0 saturated heterocycles. The third-order valence-corrected chi connectivity index (χ3v) is 3.27. The van der Waals surface area contributed by atoms with Gasteiger partial charge in [-0.25, -0.2) is 9.37 Å². The Labute approximate surface area is 130 Å². The maximum Gasteiger partial charge on any atom is 0.227 e. The molecule has 0 spiro atoms. The SMILES string of the molecule is O=C(CCCl)Nc1ccc2oc(-c3ccc(F)cc3)nc2c1. The van der Waals surface area contributed by atoms with E-state index in [9.17, 15) is 9.18 Å². The largest absolute Gasteiger partial charge is 0.436 e. The minimum atomic E-state index is -0.316. The molecule has 112 valence electrons. The molecule has 0 bridgehead atoms. The van der Waals surface area contributed by atoms with E-state index in [4.69, 9.17) is 16.0 Å². The molecule has 22 heavy (non-hydrogen) atoms. The number of oxazole rings is 1. The third kappa shape index (κ3) is 3.09. The Bertz CT molecular complexity index is 815. The highest BCUT2D eigenvalue weighted by Crippen LogP contribution is 2.26. The average Bonchev–Trinajstić information content (AvgIpc) is 2.91. The van der Waals surface area contributed by atoms with Crippen LogP contribution in [0.15, 0.2) is 46.9 Å². The number of alkyl halides is 1. The molecule has 4 nitrogen and oxygen atoms in total. The molecule has 0 aliphatic rings. The molecular weight excluding hydrogens is 307 g/mol. The van der Waals surface area contributed by atoms with E-state index in [0.29, 0.717) is 28.2 Å². The Hall–Kier alpha value is -2.40. The van der Waals surface area contributed by atoms with E-state index in [2.05, 4.69) is 10.3 Å². The molecular formula is C16H12ClFN2O2. The molecule has 0 aliphatic heterocycles. The van der Waals surface area contributed by atoms with E-state index in [1.807, 2.05) is 0 Å². The van der Waals surface area contributed by atoms with E-state index in [0.717, 1.165) is 0 Å². The van der Waals surface area contributed by atoms with Crippen LogP contribution in [0.2, 0.25) is 0 Å². The number of benzene rings is 2. The fourth-order valence-corrected chi connectivity index (χ4v) is 2.20. The van der Waals surface area contributed by atoms with Gasteiger partial charge in [0, 0.05) is 23.6 Å². The zero-order chi connectivity index (χ0) is 15.5. The number of hydrogen-bond donors (Lipinski definition) is 1. The van der Waals surface area contributed by atoms with Crippen molar-refractivity contribution in [3.63, 3.8) is 0 Å². The molecule has 0 unspecified atom stereocenters. The number of carbonyl (C=O) groups excluding carboxylic acids is 1. The summed E-state index contributed by atoms with van der Waals surface area (Å²) in [5, 5.41) is 2.74.